The summed E-state index contributed by atoms with van der Waals surface area (Å²) in [7, 11) is 0. The molecule has 31 heavy (non-hydrogen) atoms. The molecule has 1 fully saturated rings. The van der Waals surface area contributed by atoms with Gasteiger partial charge in [-0.1, -0.05) is 12.1 Å². The van der Waals surface area contributed by atoms with Gasteiger partial charge in [0.1, 0.15) is 11.6 Å². The fraction of sp³-hybridized carbons (Fsp3) is 0.435. The van der Waals surface area contributed by atoms with Crippen LogP contribution < -0.4 is 0 Å². The Balaban J connectivity index is 1.74. The number of fused-ring (bicyclic) bond motifs is 1. The highest BCUT2D eigenvalue weighted by molar-refractivity contribution is 6.07. The Bertz CT molecular complexity index is 1090. The first kappa shape index (κ1) is 21.4. The van der Waals surface area contributed by atoms with Gasteiger partial charge in [-0.15, -0.1) is 0 Å². The van der Waals surface area contributed by atoms with Crippen LogP contribution in [0.4, 0.5) is 8.78 Å². The third-order valence-electron chi connectivity index (χ3n) is 5.72. The number of benzene rings is 1. The van der Waals surface area contributed by atoms with Gasteiger partial charge in [0.05, 0.1) is 22.3 Å². The maximum atomic E-state index is 14.4. The van der Waals surface area contributed by atoms with Gasteiger partial charge in [0, 0.05) is 25.2 Å². The number of halogens is 2. The largest absolute Gasteiger partial charge is 0.337 e. The highest BCUT2D eigenvalue weighted by atomic mass is 19.1. The van der Waals surface area contributed by atoms with E-state index < -0.39 is 11.6 Å². The van der Waals surface area contributed by atoms with Crippen molar-refractivity contribution in [3.63, 3.8) is 0 Å². The quantitative estimate of drug-likeness (QED) is 0.557. The first-order valence-corrected chi connectivity index (χ1v) is 10.7. The number of carbonyl (C=O) groups is 1. The zero-order valence-electron chi connectivity index (χ0n) is 17.8. The molecule has 1 aromatic carbocycles. The number of amides is 1. The van der Waals surface area contributed by atoms with Crippen molar-refractivity contribution in [2.24, 2.45) is 0 Å². The Hall–Kier alpha value is -2.87. The number of likely N-dealkylation sites (tertiary alicyclic amines) is 1. The van der Waals surface area contributed by atoms with E-state index in [0.717, 1.165) is 44.3 Å². The first-order chi connectivity index (χ1) is 15.0. The Morgan fingerprint density at radius 2 is 1.97 bits per heavy atom. The summed E-state index contributed by atoms with van der Waals surface area (Å²) in [4.78, 5) is 22.1. The summed E-state index contributed by atoms with van der Waals surface area (Å²) in [5.41, 5.74) is 1.13. The summed E-state index contributed by atoms with van der Waals surface area (Å²) in [6.07, 6.45) is 3.19. The molecular formula is C23H26F2N4O2. The molecule has 0 atom stereocenters. The fourth-order valence-corrected chi connectivity index (χ4v) is 4.12. The van der Waals surface area contributed by atoms with Crippen LogP contribution in [-0.4, -0.2) is 58.6 Å². The van der Waals surface area contributed by atoms with E-state index in [1.807, 2.05) is 11.8 Å². The number of aromatic nitrogens is 2. The van der Waals surface area contributed by atoms with E-state index in [-0.39, 0.29) is 22.9 Å². The lowest BCUT2D eigenvalue weighted by atomic mass is 10.0. The van der Waals surface area contributed by atoms with E-state index in [4.69, 9.17) is 4.52 Å². The number of carbonyl (C=O) groups excluding carboxylic acids is 1. The zero-order valence-corrected chi connectivity index (χ0v) is 17.8. The summed E-state index contributed by atoms with van der Waals surface area (Å²) in [5, 5.41) is 4.45. The van der Waals surface area contributed by atoms with E-state index >= 15 is 0 Å². The van der Waals surface area contributed by atoms with E-state index in [2.05, 4.69) is 15.0 Å². The van der Waals surface area contributed by atoms with Crippen molar-refractivity contribution in [3.05, 3.63) is 47.2 Å². The molecule has 1 saturated heterocycles. The monoisotopic (exact) mass is 428 g/mol. The number of hydrogen-bond acceptors (Lipinski definition) is 5. The summed E-state index contributed by atoms with van der Waals surface area (Å²) >= 11 is 0. The van der Waals surface area contributed by atoms with Crippen LogP contribution >= 0.6 is 0 Å². The van der Waals surface area contributed by atoms with Gasteiger partial charge in [0.15, 0.2) is 0 Å². The van der Waals surface area contributed by atoms with Crippen LogP contribution in [0.1, 0.15) is 42.2 Å². The van der Waals surface area contributed by atoms with Gasteiger partial charge in [-0.2, -0.15) is 0 Å². The van der Waals surface area contributed by atoms with Crippen LogP contribution in [0.5, 0.6) is 0 Å². The Labute approximate surface area is 179 Å². The molecule has 0 bridgehead atoms. The van der Waals surface area contributed by atoms with Crippen molar-refractivity contribution in [1.82, 2.24) is 19.9 Å². The predicted octanol–water partition coefficient (Wildman–Crippen LogP) is 4.42. The van der Waals surface area contributed by atoms with Crippen LogP contribution in [0.3, 0.4) is 0 Å². The number of aryl methyl sites for hydroxylation is 1. The molecule has 0 spiro atoms. The number of pyridine rings is 1. The number of nitrogens with zero attached hydrogens (tertiary/aromatic N) is 4. The maximum absolute atomic E-state index is 14.4. The van der Waals surface area contributed by atoms with E-state index in [1.54, 1.807) is 6.92 Å². The van der Waals surface area contributed by atoms with Crippen molar-refractivity contribution in [2.45, 2.75) is 33.1 Å². The van der Waals surface area contributed by atoms with Crippen LogP contribution in [0, 0.1) is 18.6 Å². The minimum absolute atomic E-state index is 0.0240. The smallest absolute Gasteiger partial charge is 0.259 e. The normalized spacial score (nSPS) is 14.5. The lowest BCUT2D eigenvalue weighted by molar-refractivity contribution is 0.0742. The van der Waals surface area contributed by atoms with Crippen LogP contribution in [0.25, 0.3) is 22.4 Å². The van der Waals surface area contributed by atoms with Gasteiger partial charge >= 0.3 is 0 Å². The standard InChI is InChI=1S/C23H26F2N4O2/c1-3-8-29(12-11-28-9-4-5-10-28)23(30)18-14-20(17-13-16(24)6-7-19(17)25)26-22-21(18)15(2)27-31-22/h6-7,13-14H,3-5,8-12H2,1-2H3. The third-order valence-corrected chi connectivity index (χ3v) is 5.72. The molecule has 2 aromatic heterocycles. The summed E-state index contributed by atoms with van der Waals surface area (Å²) < 4.78 is 33.5. The highest BCUT2D eigenvalue weighted by Crippen LogP contribution is 2.29. The lowest BCUT2D eigenvalue weighted by Crippen LogP contribution is -2.38. The summed E-state index contributed by atoms with van der Waals surface area (Å²) in [5.74, 6) is -1.39. The number of rotatable bonds is 7. The zero-order chi connectivity index (χ0) is 22.0. The van der Waals surface area contributed by atoms with Crippen molar-refractivity contribution >= 4 is 17.0 Å². The van der Waals surface area contributed by atoms with E-state index in [0.29, 0.717) is 29.7 Å². The minimum Gasteiger partial charge on any atom is -0.337 e. The second kappa shape index (κ2) is 9.09. The van der Waals surface area contributed by atoms with Gasteiger partial charge in [-0.25, -0.2) is 13.8 Å². The molecule has 1 aliphatic rings. The second-order valence-corrected chi connectivity index (χ2v) is 7.97. The molecule has 4 rings (SSSR count). The topological polar surface area (TPSA) is 62.5 Å². The molecule has 3 heterocycles. The molecular weight excluding hydrogens is 402 g/mol. The fourth-order valence-electron chi connectivity index (χ4n) is 4.12. The van der Waals surface area contributed by atoms with E-state index in [1.165, 1.54) is 18.9 Å². The van der Waals surface area contributed by atoms with Crippen LogP contribution in [0.2, 0.25) is 0 Å². The Kier molecular flexibility index (Phi) is 6.27. The molecule has 6 nitrogen and oxygen atoms in total. The van der Waals surface area contributed by atoms with Gasteiger partial charge < -0.3 is 14.3 Å². The first-order valence-electron chi connectivity index (χ1n) is 10.7. The molecule has 3 aromatic rings. The predicted molar refractivity (Wildman–Crippen MR) is 114 cm³/mol. The Morgan fingerprint density at radius 3 is 2.71 bits per heavy atom. The van der Waals surface area contributed by atoms with Crippen molar-refractivity contribution in [2.75, 3.05) is 32.7 Å². The van der Waals surface area contributed by atoms with Crippen molar-refractivity contribution in [3.8, 4) is 11.3 Å². The Morgan fingerprint density at radius 1 is 1.19 bits per heavy atom. The van der Waals surface area contributed by atoms with Crippen LogP contribution in [-0.2, 0) is 0 Å². The third kappa shape index (κ3) is 4.44. The molecule has 1 aliphatic heterocycles. The molecule has 0 N–H and O–H groups in total. The molecule has 164 valence electrons. The molecule has 8 heteroatoms. The van der Waals surface area contributed by atoms with Gasteiger partial charge in [0.25, 0.3) is 11.6 Å². The van der Waals surface area contributed by atoms with E-state index in [9.17, 15) is 13.6 Å². The number of hydrogen-bond donors (Lipinski definition) is 0. The lowest BCUT2D eigenvalue weighted by Gasteiger charge is -2.25. The van der Waals surface area contributed by atoms with Gasteiger partial charge in [-0.3, -0.25) is 4.79 Å². The average Bonchev–Trinajstić information content (AvgIpc) is 3.42. The molecule has 0 saturated carbocycles. The molecule has 0 radical (unpaired) electrons. The van der Waals surface area contributed by atoms with Gasteiger partial charge in [-0.05, 0) is 63.5 Å². The van der Waals surface area contributed by atoms with Crippen molar-refractivity contribution in [1.29, 1.82) is 0 Å². The minimum atomic E-state index is -0.623. The molecule has 1 amide bonds. The summed E-state index contributed by atoms with van der Waals surface area (Å²) in [6.45, 7) is 7.89. The molecule has 0 aliphatic carbocycles. The highest BCUT2D eigenvalue weighted by Gasteiger charge is 2.25. The molecule has 0 unspecified atom stereocenters. The van der Waals surface area contributed by atoms with Crippen LogP contribution in [0.15, 0.2) is 28.8 Å². The SMILES string of the molecule is CCCN(CCN1CCCC1)C(=O)c1cc(-c2cc(F)ccc2F)nc2onc(C)c12. The summed E-state index contributed by atoms with van der Waals surface area (Å²) in [6, 6.07) is 4.68. The maximum Gasteiger partial charge on any atom is 0.259 e. The van der Waals surface area contributed by atoms with Crippen molar-refractivity contribution < 1.29 is 18.1 Å². The second-order valence-electron chi connectivity index (χ2n) is 7.97. The van der Waals surface area contributed by atoms with Gasteiger partial charge in [0.2, 0.25) is 0 Å². The average molecular weight is 428 g/mol.